The van der Waals surface area contributed by atoms with Crippen LogP contribution in [0.3, 0.4) is 0 Å². The van der Waals surface area contributed by atoms with Gasteiger partial charge in [-0.15, -0.1) is 0 Å². The average molecular weight is 265 g/mol. The van der Waals surface area contributed by atoms with Gasteiger partial charge in [0.05, 0.1) is 5.69 Å². The first kappa shape index (κ1) is 16.1. The number of hydrogen-bond donors (Lipinski definition) is 1. The summed E-state index contributed by atoms with van der Waals surface area (Å²) in [6.45, 7) is 12.8. The van der Waals surface area contributed by atoms with E-state index in [-0.39, 0.29) is 5.60 Å². The summed E-state index contributed by atoms with van der Waals surface area (Å²) in [5, 5.41) is 3.31. The van der Waals surface area contributed by atoms with Crippen molar-refractivity contribution < 1.29 is 4.74 Å². The van der Waals surface area contributed by atoms with E-state index in [0.29, 0.717) is 6.61 Å². The summed E-state index contributed by atoms with van der Waals surface area (Å²) < 4.78 is 5.98. The van der Waals surface area contributed by atoms with E-state index in [2.05, 4.69) is 31.1 Å². The third kappa shape index (κ3) is 3.98. The van der Waals surface area contributed by atoms with E-state index < -0.39 is 0 Å². The van der Waals surface area contributed by atoms with Gasteiger partial charge in [0.25, 0.3) is 0 Å². The summed E-state index contributed by atoms with van der Waals surface area (Å²) in [6.07, 6.45) is 1.78. The van der Waals surface area contributed by atoms with E-state index in [9.17, 15) is 0 Å². The first-order chi connectivity index (χ1) is 9.11. The highest BCUT2D eigenvalue weighted by Gasteiger charge is 2.32. The lowest BCUT2D eigenvalue weighted by atomic mass is 9.95. The molecular formula is C15H27N3O. The van der Waals surface area contributed by atoms with Crippen LogP contribution in [0.15, 0.2) is 6.07 Å². The van der Waals surface area contributed by atoms with Gasteiger partial charge in [-0.3, -0.25) is 0 Å². The number of hydrogen-bond acceptors (Lipinski definition) is 4. The molecule has 0 aliphatic carbocycles. The number of aromatic nitrogens is 2. The molecule has 0 unspecified atom stereocenters. The Bertz CT molecular complexity index is 389. The summed E-state index contributed by atoms with van der Waals surface area (Å²) >= 11 is 0. The smallest absolute Gasteiger partial charge is 0.160 e. The van der Waals surface area contributed by atoms with E-state index in [4.69, 9.17) is 9.72 Å². The largest absolute Gasteiger partial charge is 0.367 e. The van der Waals surface area contributed by atoms with Crippen molar-refractivity contribution in [2.75, 3.05) is 13.2 Å². The minimum absolute atomic E-state index is 0.346. The highest BCUT2D eigenvalue weighted by atomic mass is 16.5. The summed E-state index contributed by atoms with van der Waals surface area (Å²) in [5.74, 6) is 0.826. The Balaban J connectivity index is 3.11. The van der Waals surface area contributed by atoms with Gasteiger partial charge in [-0.05, 0) is 39.3 Å². The molecule has 0 bridgehead atoms. The van der Waals surface area contributed by atoms with Crippen molar-refractivity contribution in [3.63, 3.8) is 0 Å². The molecule has 0 radical (unpaired) electrons. The van der Waals surface area contributed by atoms with Gasteiger partial charge in [-0.2, -0.15) is 0 Å². The van der Waals surface area contributed by atoms with E-state index in [0.717, 1.165) is 43.1 Å². The molecule has 4 nitrogen and oxygen atoms in total. The van der Waals surface area contributed by atoms with Crippen LogP contribution in [0.2, 0.25) is 0 Å². The molecule has 1 rings (SSSR count). The van der Waals surface area contributed by atoms with E-state index in [1.165, 1.54) is 0 Å². The van der Waals surface area contributed by atoms with Crippen LogP contribution in [-0.2, 0) is 16.9 Å². The molecule has 1 N–H and O–H groups in total. The Morgan fingerprint density at radius 3 is 2.37 bits per heavy atom. The molecule has 0 saturated carbocycles. The van der Waals surface area contributed by atoms with Gasteiger partial charge in [0.2, 0.25) is 0 Å². The fourth-order valence-electron chi connectivity index (χ4n) is 2.29. The average Bonchev–Trinajstić information content (AvgIpc) is 2.42. The second kappa shape index (κ2) is 7.56. The summed E-state index contributed by atoms with van der Waals surface area (Å²) in [4.78, 5) is 9.32. The van der Waals surface area contributed by atoms with Crippen LogP contribution < -0.4 is 5.32 Å². The standard InChI is InChI=1S/C15H27N3O/c1-6-15(7-2,19-9-4)14-17-12(5)10-13(18-14)11-16-8-3/h10,16H,6-9,11H2,1-5H3. The Hall–Kier alpha value is -1.00. The molecule has 1 aromatic heterocycles. The lowest BCUT2D eigenvalue weighted by Gasteiger charge is -2.30. The Labute approximate surface area is 117 Å². The quantitative estimate of drug-likeness (QED) is 0.785. The maximum Gasteiger partial charge on any atom is 0.160 e. The molecule has 19 heavy (non-hydrogen) atoms. The molecule has 1 aromatic rings. The van der Waals surface area contributed by atoms with Crippen LogP contribution >= 0.6 is 0 Å². The number of nitrogens with zero attached hydrogens (tertiary/aromatic N) is 2. The number of nitrogens with one attached hydrogen (secondary N) is 1. The second-order valence-electron chi connectivity index (χ2n) is 4.74. The molecule has 0 aliphatic heterocycles. The van der Waals surface area contributed by atoms with Gasteiger partial charge in [0.15, 0.2) is 5.82 Å². The molecule has 0 saturated heterocycles. The lowest BCUT2D eigenvalue weighted by Crippen LogP contribution is -2.32. The zero-order valence-electron chi connectivity index (χ0n) is 12.9. The number of ether oxygens (including phenoxy) is 1. The normalized spacial score (nSPS) is 11.8. The van der Waals surface area contributed by atoms with Crippen molar-refractivity contribution in [3.05, 3.63) is 23.3 Å². The Morgan fingerprint density at radius 1 is 1.16 bits per heavy atom. The predicted molar refractivity (Wildman–Crippen MR) is 78.0 cm³/mol. The van der Waals surface area contributed by atoms with E-state index >= 15 is 0 Å². The van der Waals surface area contributed by atoms with Crippen LogP contribution in [0.5, 0.6) is 0 Å². The number of aryl methyl sites for hydroxylation is 1. The minimum Gasteiger partial charge on any atom is -0.367 e. The Morgan fingerprint density at radius 2 is 1.84 bits per heavy atom. The van der Waals surface area contributed by atoms with Gasteiger partial charge < -0.3 is 10.1 Å². The molecule has 0 atom stereocenters. The van der Waals surface area contributed by atoms with Gasteiger partial charge in [-0.1, -0.05) is 20.8 Å². The summed E-state index contributed by atoms with van der Waals surface area (Å²) in [6, 6.07) is 2.04. The maximum absolute atomic E-state index is 5.98. The third-order valence-corrected chi connectivity index (χ3v) is 3.43. The topological polar surface area (TPSA) is 47.0 Å². The van der Waals surface area contributed by atoms with Crippen LogP contribution in [0, 0.1) is 6.92 Å². The SMILES string of the molecule is CCNCc1cc(C)nc(C(CC)(CC)OCC)n1. The van der Waals surface area contributed by atoms with Gasteiger partial charge in [0.1, 0.15) is 5.60 Å². The molecule has 0 aromatic carbocycles. The zero-order valence-corrected chi connectivity index (χ0v) is 12.9. The van der Waals surface area contributed by atoms with Crippen molar-refractivity contribution >= 4 is 0 Å². The fraction of sp³-hybridized carbons (Fsp3) is 0.733. The maximum atomic E-state index is 5.98. The first-order valence-corrected chi connectivity index (χ1v) is 7.31. The fourth-order valence-corrected chi connectivity index (χ4v) is 2.29. The molecule has 0 amide bonds. The molecule has 108 valence electrons. The molecular weight excluding hydrogens is 238 g/mol. The van der Waals surface area contributed by atoms with Crippen molar-refractivity contribution in [2.45, 2.75) is 59.6 Å². The number of rotatable bonds is 8. The van der Waals surface area contributed by atoms with E-state index in [1.54, 1.807) is 0 Å². The van der Waals surface area contributed by atoms with E-state index in [1.807, 2.05) is 19.9 Å². The van der Waals surface area contributed by atoms with Crippen molar-refractivity contribution in [1.82, 2.24) is 15.3 Å². The van der Waals surface area contributed by atoms with Crippen LogP contribution in [0.1, 0.15) is 57.7 Å². The molecule has 1 heterocycles. The highest BCUT2D eigenvalue weighted by molar-refractivity contribution is 5.14. The predicted octanol–water partition coefficient (Wildman–Crippen LogP) is 2.95. The van der Waals surface area contributed by atoms with Gasteiger partial charge >= 0.3 is 0 Å². The van der Waals surface area contributed by atoms with Crippen LogP contribution in [-0.4, -0.2) is 23.1 Å². The summed E-state index contributed by atoms with van der Waals surface area (Å²) in [7, 11) is 0. The second-order valence-corrected chi connectivity index (χ2v) is 4.74. The van der Waals surface area contributed by atoms with Crippen LogP contribution in [0.25, 0.3) is 0 Å². The van der Waals surface area contributed by atoms with Crippen molar-refractivity contribution in [3.8, 4) is 0 Å². The minimum atomic E-state index is -0.346. The monoisotopic (exact) mass is 265 g/mol. The van der Waals surface area contributed by atoms with Crippen molar-refractivity contribution in [2.24, 2.45) is 0 Å². The molecule has 0 aliphatic rings. The van der Waals surface area contributed by atoms with Gasteiger partial charge in [0, 0.05) is 18.8 Å². The van der Waals surface area contributed by atoms with Crippen LogP contribution in [0.4, 0.5) is 0 Å². The molecule has 4 heteroatoms. The first-order valence-electron chi connectivity index (χ1n) is 7.31. The third-order valence-electron chi connectivity index (χ3n) is 3.43. The molecule has 0 fully saturated rings. The van der Waals surface area contributed by atoms with Crippen molar-refractivity contribution in [1.29, 1.82) is 0 Å². The molecule has 0 spiro atoms. The summed E-state index contributed by atoms with van der Waals surface area (Å²) in [5.41, 5.74) is 1.70. The zero-order chi connectivity index (χ0) is 14.3. The highest BCUT2D eigenvalue weighted by Crippen LogP contribution is 2.30. The van der Waals surface area contributed by atoms with Gasteiger partial charge in [-0.25, -0.2) is 9.97 Å². The Kier molecular flexibility index (Phi) is 6.38. The lowest BCUT2D eigenvalue weighted by molar-refractivity contribution is -0.0574.